The molecule has 3 rings (SSSR count). The summed E-state index contributed by atoms with van der Waals surface area (Å²) in [5.41, 5.74) is 15.8. The molecule has 3 aliphatic rings. The van der Waals surface area contributed by atoms with Crippen LogP contribution in [0.3, 0.4) is 0 Å². The van der Waals surface area contributed by atoms with Crippen molar-refractivity contribution in [3.63, 3.8) is 0 Å². The SMILES string of the molecule is NC1CCC2(N)NC1NC1CCCCN1N2. The fourth-order valence-electron chi connectivity index (χ4n) is 2.97. The number of rotatable bonds is 0. The Hall–Kier alpha value is -0.240. The van der Waals surface area contributed by atoms with Crippen molar-refractivity contribution in [2.45, 2.75) is 56.3 Å². The summed E-state index contributed by atoms with van der Waals surface area (Å²) in [5.74, 6) is -0.486. The molecular formula is C10H22N6. The van der Waals surface area contributed by atoms with Gasteiger partial charge in [0.1, 0.15) is 5.79 Å². The summed E-state index contributed by atoms with van der Waals surface area (Å²) < 4.78 is 0. The molecule has 0 amide bonds. The molecule has 4 unspecified atom stereocenters. The van der Waals surface area contributed by atoms with Crippen LogP contribution in [0.15, 0.2) is 0 Å². The highest BCUT2D eigenvalue weighted by Gasteiger charge is 2.43. The number of fused-ring (bicyclic) bond motifs is 3. The van der Waals surface area contributed by atoms with Crippen molar-refractivity contribution >= 4 is 0 Å². The largest absolute Gasteiger partial charge is 0.325 e. The van der Waals surface area contributed by atoms with Gasteiger partial charge in [-0.05, 0) is 32.1 Å². The zero-order valence-corrected chi connectivity index (χ0v) is 9.58. The van der Waals surface area contributed by atoms with Gasteiger partial charge in [0.25, 0.3) is 0 Å². The molecule has 0 aromatic rings. The average Bonchev–Trinajstić information content (AvgIpc) is 2.38. The van der Waals surface area contributed by atoms with E-state index in [2.05, 4.69) is 21.1 Å². The summed E-state index contributed by atoms with van der Waals surface area (Å²) >= 11 is 0. The second kappa shape index (κ2) is 3.90. The Morgan fingerprint density at radius 1 is 1.25 bits per heavy atom. The molecular weight excluding hydrogens is 204 g/mol. The first-order valence-corrected chi connectivity index (χ1v) is 6.29. The molecule has 0 radical (unpaired) electrons. The van der Waals surface area contributed by atoms with E-state index in [1.807, 2.05) is 0 Å². The molecule has 6 nitrogen and oxygen atoms in total. The van der Waals surface area contributed by atoms with Crippen molar-refractivity contribution in [1.29, 1.82) is 0 Å². The van der Waals surface area contributed by atoms with Gasteiger partial charge in [0.05, 0.1) is 12.3 Å². The lowest BCUT2D eigenvalue weighted by atomic mass is 9.99. The fraction of sp³-hybridized carbons (Fsp3) is 1.00. The van der Waals surface area contributed by atoms with Crippen molar-refractivity contribution in [1.82, 2.24) is 21.1 Å². The third kappa shape index (κ3) is 1.85. The van der Waals surface area contributed by atoms with Gasteiger partial charge in [-0.1, -0.05) is 0 Å². The van der Waals surface area contributed by atoms with Gasteiger partial charge in [-0.3, -0.25) is 16.4 Å². The summed E-state index contributed by atoms with van der Waals surface area (Å²) in [6, 6.07) is 0.153. The topological polar surface area (TPSA) is 91.4 Å². The van der Waals surface area contributed by atoms with E-state index in [4.69, 9.17) is 11.5 Å². The number of nitrogens with two attached hydrogens (primary N) is 2. The van der Waals surface area contributed by atoms with E-state index in [9.17, 15) is 0 Å². The second-order valence-corrected chi connectivity index (χ2v) is 5.28. The normalized spacial score (nSPS) is 49.5. The van der Waals surface area contributed by atoms with Crippen LogP contribution < -0.4 is 27.5 Å². The third-order valence-corrected chi connectivity index (χ3v) is 3.93. The second-order valence-electron chi connectivity index (χ2n) is 5.28. The van der Waals surface area contributed by atoms with Crippen molar-refractivity contribution in [3.05, 3.63) is 0 Å². The molecule has 4 atom stereocenters. The summed E-state index contributed by atoms with van der Waals surface area (Å²) in [6.45, 7) is 1.06. The van der Waals surface area contributed by atoms with E-state index >= 15 is 0 Å². The standard InChI is InChI=1S/C10H22N6/c11-7-4-5-10(12)14-9(7)13-8-3-1-2-6-16(8)15-10/h7-9,13-15H,1-6,11-12H2. The van der Waals surface area contributed by atoms with Gasteiger partial charge in [0, 0.05) is 12.6 Å². The first-order chi connectivity index (χ1) is 7.66. The summed E-state index contributed by atoms with van der Waals surface area (Å²) in [7, 11) is 0. The number of hydrogen-bond donors (Lipinski definition) is 5. The van der Waals surface area contributed by atoms with Gasteiger partial charge in [0.15, 0.2) is 0 Å². The maximum absolute atomic E-state index is 6.31. The minimum atomic E-state index is -0.486. The van der Waals surface area contributed by atoms with Gasteiger partial charge in [-0.25, -0.2) is 10.4 Å². The van der Waals surface area contributed by atoms with Crippen LogP contribution >= 0.6 is 0 Å². The van der Waals surface area contributed by atoms with Gasteiger partial charge in [-0.2, -0.15) is 0 Å². The zero-order chi connectivity index (χ0) is 11.2. The minimum absolute atomic E-state index is 0.124. The first kappa shape index (κ1) is 10.9. The molecule has 0 saturated carbocycles. The van der Waals surface area contributed by atoms with Gasteiger partial charge < -0.3 is 5.73 Å². The molecule has 7 N–H and O–H groups in total. The van der Waals surface area contributed by atoms with Crippen molar-refractivity contribution < 1.29 is 0 Å². The highest BCUT2D eigenvalue weighted by atomic mass is 15.7. The smallest absolute Gasteiger partial charge is 0.135 e. The Morgan fingerprint density at radius 3 is 3.00 bits per heavy atom. The van der Waals surface area contributed by atoms with E-state index in [0.717, 1.165) is 25.8 Å². The van der Waals surface area contributed by atoms with Crippen LogP contribution in [0.4, 0.5) is 0 Å². The number of hydrazine groups is 1. The van der Waals surface area contributed by atoms with Crippen LogP contribution in [0.5, 0.6) is 0 Å². The van der Waals surface area contributed by atoms with E-state index in [1.165, 1.54) is 12.8 Å². The molecule has 6 heteroatoms. The Labute approximate surface area is 96.1 Å². The van der Waals surface area contributed by atoms with Crippen LogP contribution in [0.2, 0.25) is 0 Å². The molecule has 0 aliphatic carbocycles. The summed E-state index contributed by atoms with van der Waals surface area (Å²) in [5, 5.41) is 9.20. The fourth-order valence-corrected chi connectivity index (χ4v) is 2.97. The Balaban J connectivity index is 1.82. The number of hydrogen-bond acceptors (Lipinski definition) is 6. The van der Waals surface area contributed by atoms with Crippen LogP contribution in [0, 0.1) is 0 Å². The lowest BCUT2D eigenvalue weighted by Gasteiger charge is -2.41. The van der Waals surface area contributed by atoms with E-state index in [-0.39, 0.29) is 12.2 Å². The first-order valence-electron chi connectivity index (χ1n) is 6.29. The van der Waals surface area contributed by atoms with Crippen molar-refractivity contribution in [3.8, 4) is 0 Å². The number of nitrogens with one attached hydrogen (secondary N) is 3. The molecule has 2 bridgehead atoms. The van der Waals surface area contributed by atoms with Crippen LogP contribution in [0.25, 0.3) is 0 Å². The molecule has 0 aromatic carbocycles. The lowest BCUT2D eigenvalue weighted by molar-refractivity contribution is 0.0281. The predicted molar refractivity (Wildman–Crippen MR) is 61.7 cm³/mol. The maximum atomic E-state index is 6.31. The van der Waals surface area contributed by atoms with E-state index in [1.54, 1.807) is 0 Å². The van der Waals surface area contributed by atoms with Crippen molar-refractivity contribution in [2.75, 3.05) is 6.54 Å². The Bertz CT molecular complexity index is 272. The van der Waals surface area contributed by atoms with Crippen molar-refractivity contribution in [2.24, 2.45) is 11.5 Å². The molecule has 3 saturated heterocycles. The van der Waals surface area contributed by atoms with Gasteiger partial charge in [0.2, 0.25) is 0 Å². The maximum Gasteiger partial charge on any atom is 0.135 e. The molecule has 92 valence electrons. The molecule has 3 heterocycles. The molecule has 16 heavy (non-hydrogen) atoms. The third-order valence-electron chi connectivity index (χ3n) is 3.93. The predicted octanol–water partition coefficient (Wildman–Crippen LogP) is -1.44. The highest BCUT2D eigenvalue weighted by Crippen LogP contribution is 2.22. The lowest BCUT2D eigenvalue weighted by Crippen LogP contribution is -2.73. The van der Waals surface area contributed by atoms with Crippen LogP contribution in [0.1, 0.15) is 32.1 Å². The molecule has 3 aliphatic heterocycles. The molecule has 0 spiro atoms. The van der Waals surface area contributed by atoms with Gasteiger partial charge >= 0.3 is 0 Å². The van der Waals surface area contributed by atoms with Crippen LogP contribution in [-0.2, 0) is 0 Å². The monoisotopic (exact) mass is 226 g/mol. The molecule has 3 fully saturated rings. The Kier molecular flexibility index (Phi) is 2.66. The van der Waals surface area contributed by atoms with Crippen LogP contribution in [-0.4, -0.2) is 35.7 Å². The molecule has 0 aromatic heterocycles. The van der Waals surface area contributed by atoms with E-state index < -0.39 is 5.79 Å². The Morgan fingerprint density at radius 2 is 2.12 bits per heavy atom. The quantitative estimate of drug-likeness (QED) is 0.347. The van der Waals surface area contributed by atoms with Gasteiger partial charge in [-0.15, -0.1) is 0 Å². The average molecular weight is 226 g/mol. The highest BCUT2D eigenvalue weighted by molar-refractivity contribution is 4.97. The summed E-state index contributed by atoms with van der Waals surface area (Å²) in [4.78, 5) is 0. The minimum Gasteiger partial charge on any atom is -0.325 e. The number of piperidine rings is 2. The number of nitrogens with zero attached hydrogens (tertiary/aromatic N) is 1. The summed E-state index contributed by atoms with van der Waals surface area (Å²) in [6.07, 6.45) is 5.98. The van der Waals surface area contributed by atoms with E-state index in [0.29, 0.717) is 6.17 Å². The zero-order valence-electron chi connectivity index (χ0n) is 9.58.